The van der Waals surface area contributed by atoms with Crippen molar-refractivity contribution in [3.8, 4) is 0 Å². The zero-order valence-corrected chi connectivity index (χ0v) is 15.4. The molecule has 136 valence electrons. The molecule has 0 radical (unpaired) electrons. The van der Waals surface area contributed by atoms with Gasteiger partial charge in [-0.1, -0.05) is 37.8 Å². The minimum atomic E-state index is 0. The molecular formula is C19H23BrN6. The molecule has 2 heterocycles. The summed E-state index contributed by atoms with van der Waals surface area (Å²) in [4.78, 5) is 8.92. The van der Waals surface area contributed by atoms with Crippen LogP contribution in [-0.2, 0) is 0 Å². The Morgan fingerprint density at radius 1 is 1.23 bits per heavy atom. The molecule has 3 aromatic rings. The minimum absolute atomic E-state index is 0. The summed E-state index contributed by atoms with van der Waals surface area (Å²) in [6.45, 7) is 2.09. The number of aromatic nitrogens is 4. The van der Waals surface area contributed by atoms with Gasteiger partial charge in [-0.25, -0.2) is 4.98 Å². The van der Waals surface area contributed by atoms with E-state index in [1.54, 1.807) is 6.20 Å². The molecule has 1 atom stereocenters. The zero-order valence-electron chi connectivity index (χ0n) is 13.8. The fourth-order valence-corrected chi connectivity index (χ4v) is 2.96. The smallest absolute Gasteiger partial charge is 0.225 e. The molecule has 1 saturated carbocycles. The second kappa shape index (κ2) is 7.86. The van der Waals surface area contributed by atoms with Crippen LogP contribution in [0.25, 0.3) is 0 Å². The highest BCUT2D eigenvalue weighted by Gasteiger charge is 2.25. The third-order valence-electron chi connectivity index (χ3n) is 4.25. The molecule has 0 unspecified atom stereocenters. The van der Waals surface area contributed by atoms with Crippen molar-refractivity contribution in [2.75, 3.05) is 10.6 Å². The van der Waals surface area contributed by atoms with E-state index >= 15 is 0 Å². The summed E-state index contributed by atoms with van der Waals surface area (Å²) in [6.07, 6.45) is 4.22. The number of halogens is 1. The maximum absolute atomic E-state index is 4.57. The Kier molecular flexibility index (Phi) is 5.56. The molecule has 0 aliphatic heterocycles. The highest BCUT2D eigenvalue weighted by molar-refractivity contribution is 9.10. The highest BCUT2D eigenvalue weighted by atomic mass is 79.9. The lowest BCUT2D eigenvalue weighted by Gasteiger charge is -2.15. The first-order valence-corrected chi connectivity index (χ1v) is 9.14. The summed E-state index contributed by atoms with van der Waals surface area (Å²) >= 11 is 3.49. The van der Waals surface area contributed by atoms with Gasteiger partial charge in [-0.2, -0.15) is 10.1 Å². The third-order valence-corrected chi connectivity index (χ3v) is 4.83. The molecule has 3 N–H and O–H groups in total. The second-order valence-electron chi connectivity index (χ2n) is 6.27. The first-order valence-electron chi connectivity index (χ1n) is 8.35. The number of H-pyrrole nitrogens is 1. The Morgan fingerprint density at radius 2 is 2.00 bits per heavy atom. The average molecular weight is 415 g/mol. The number of rotatable bonds is 6. The van der Waals surface area contributed by atoms with E-state index in [0.29, 0.717) is 17.7 Å². The molecule has 0 spiro atoms. The molecule has 1 aliphatic carbocycles. The van der Waals surface area contributed by atoms with Crippen LogP contribution < -0.4 is 10.6 Å². The Bertz CT molecular complexity index is 859. The van der Waals surface area contributed by atoms with Crippen LogP contribution in [-0.4, -0.2) is 20.2 Å². The topological polar surface area (TPSA) is 78.5 Å². The number of aromatic amines is 1. The van der Waals surface area contributed by atoms with Crippen LogP contribution in [0.5, 0.6) is 0 Å². The number of hydrogen-bond donors (Lipinski definition) is 3. The molecule has 0 bridgehead atoms. The van der Waals surface area contributed by atoms with Gasteiger partial charge in [0.15, 0.2) is 11.6 Å². The number of hydrogen-bond acceptors (Lipinski definition) is 5. The van der Waals surface area contributed by atoms with Crippen molar-refractivity contribution in [2.45, 2.75) is 39.2 Å². The maximum atomic E-state index is 4.57. The fraction of sp³-hybridized carbons (Fsp3) is 0.316. The highest BCUT2D eigenvalue weighted by Crippen LogP contribution is 2.39. The van der Waals surface area contributed by atoms with Crippen molar-refractivity contribution in [1.29, 1.82) is 0 Å². The van der Waals surface area contributed by atoms with Gasteiger partial charge in [-0.3, -0.25) is 5.10 Å². The van der Waals surface area contributed by atoms with Crippen LogP contribution in [0.3, 0.4) is 0 Å². The molecule has 26 heavy (non-hydrogen) atoms. The van der Waals surface area contributed by atoms with E-state index in [-0.39, 0.29) is 13.5 Å². The lowest BCUT2D eigenvalue weighted by Crippen LogP contribution is -2.10. The Balaban J connectivity index is 0.00000196. The van der Waals surface area contributed by atoms with Crippen LogP contribution in [0.1, 0.15) is 50.4 Å². The maximum Gasteiger partial charge on any atom is 0.225 e. The molecule has 0 amide bonds. The number of nitrogens with one attached hydrogen (secondary N) is 3. The first kappa shape index (κ1) is 18.4. The fourth-order valence-electron chi connectivity index (χ4n) is 2.67. The molecule has 0 saturated heterocycles. The number of anilines is 3. The van der Waals surface area contributed by atoms with Crippen LogP contribution in [0, 0.1) is 0 Å². The van der Waals surface area contributed by atoms with Gasteiger partial charge in [-0.05, 0) is 41.3 Å². The van der Waals surface area contributed by atoms with E-state index in [2.05, 4.69) is 65.8 Å². The Labute approximate surface area is 162 Å². The second-order valence-corrected chi connectivity index (χ2v) is 7.13. The van der Waals surface area contributed by atoms with Gasteiger partial charge in [0.2, 0.25) is 5.95 Å². The Hall–Kier alpha value is -2.41. The zero-order chi connectivity index (χ0) is 17.2. The van der Waals surface area contributed by atoms with E-state index in [0.717, 1.165) is 10.3 Å². The van der Waals surface area contributed by atoms with E-state index in [4.69, 9.17) is 0 Å². The van der Waals surface area contributed by atoms with Crippen LogP contribution in [0.4, 0.5) is 17.6 Å². The van der Waals surface area contributed by atoms with Crippen molar-refractivity contribution in [3.05, 3.63) is 58.3 Å². The minimum Gasteiger partial charge on any atom is -0.348 e. The normalized spacial score (nSPS) is 14.4. The largest absolute Gasteiger partial charge is 0.348 e. The van der Waals surface area contributed by atoms with Crippen molar-refractivity contribution in [1.82, 2.24) is 20.2 Å². The van der Waals surface area contributed by atoms with E-state index in [9.17, 15) is 0 Å². The molecule has 2 aromatic heterocycles. The van der Waals surface area contributed by atoms with Crippen molar-refractivity contribution >= 4 is 33.5 Å². The number of nitrogens with zero attached hydrogens (tertiary/aromatic N) is 3. The van der Waals surface area contributed by atoms with Crippen LogP contribution >= 0.6 is 15.9 Å². The van der Waals surface area contributed by atoms with E-state index < -0.39 is 0 Å². The summed E-state index contributed by atoms with van der Waals surface area (Å²) in [7, 11) is 0. The summed E-state index contributed by atoms with van der Waals surface area (Å²) < 4.78 is 0.793. The van der Waals surface area contributed by atoms with E-state index in [1.165, 1.54) is 24.1 Å². The standard InChI is InChI=1S/C18H19BrN6.CH4/c1-11(12-5-3-2-4-6-12)21-18-20-10-14(19)17(23-18)22-16-9-15(24-25-16)13-7-8-13;/h2-6,9-11,13H,7-8H2,1H3,(H3,20,21,22,23,24,25);1H4/t11-;/m0./s1. The van der Waals surface area contributed by atoms with Gasteiger partial charge >= 0.3 is 0 Å². The monoisotopic (exact) mass is 414 g/mol. The molecule has 4 rings (SSSR count). The van der Waals surface area contributed by atoms with Crippen molar-refractivity contribution in [2.24, 2.45) is 0 Å². The van der Waals surface area contributed by atoms with Crippen LogP contribution in [0.15, 0.2) is 47.1 Å². The predicted octanol–water partition coefficient (Wildman–Crippen LogP) is 5.39. The quantitative estimate of drug-likeness (QED) is 0.503. The van der Waals surface area contributed by atoms with Gasteiger partial charge in [0.1, 0.15) is 0 Å². The summed E-state index contributed by atoms with van der Waals surface area (Å²) in [6, 6.07) is 12.4. The molecule has 1 aromatic carbocycles. The molecular weight excluding hydrogens is 392 g/mol. The SMILES string of the molecule is C.C[C@H](Nc1ncc(Br)c(Nc2cc(C3CC3)[nH]n2)n1)c1ccccc1. The lowest BCUT2D eigenvalue weighted by molar-refractivity contribution is 0.860. The number of benzene rings is 1. The summed E-state index contributed by atoms with van der Waals surface area (Å²) in [5.74, 6) is 2.66. The van der Waals surface area contributed by atoms with Gasteiger partial charge < -0.3 is 10.6 Å². The lowest BCUT2D eigenvalue weighted by atomic mass is 10.1. The van der Waals surface area contributed by atoms with Gasteiger partial charge in [0.05, 0.1) is 10.5 Å². The molecule has 1 fully saturated rings. The molecule has 6 nitrogen and oxygen atoms in total. The summed E-state index contributed by atoms with van der Waals surface area (Å²) in [5.41, 5.74) is 2.37. The Morgan fingerprint density at radius 3 is 2.73 bits per heavy atom. The van der Waals surface area contributed by atoms with Crippen LogP contribution in [0.2, 0.25) is 0 Å². The van der Waals surface area contributed by atoms with Gasteiger partial charge in [0.25, 0.3) is 0 Å². The van der Waals surface area contributed by atoms with E-state index in [1.807, 2.05) is 24.3 Å². The molecule has 1 aliphatic rings. The molecule has 7 heteroatoms. The van der Waals surface area contributed by atoms with Gasteiger partial charge in [-0.15, -0.1) is 0 Å². The van der Waals surface area contributed by atoms with Crippen molar-refractivity contribution in [3.63, 3.8) is 0 Å². The van der Waals surface area contributed by atoms with Crippen molar-refractivity contribution < 1.29 is 0 Å². The predicted molar refractivity (Wildman–Crippen MR) is 109 cm³/mol. The summed E-state index contributed by atoms with van der Waals surface area (Å²) in [5, 5.41) is 14.0. The third kappa shape index (κ3) is 4.22. The van der Waals surface area contributed by atoms with Gasteiger partial charge in [0, 0.05) is 23.9 Å². The average Bonchev–Trinajstić information content (AvgIpc) is 3.38. The first-order chi connectivity index (χ1) is 12.2.